The van der Waals surface area contributed by atoms with Crippen molar-refractivity contribution in [1.82, 2.24) is 5.32 Å². The molecule has 2 aliphatic rings. The molecule has 2 aromatic carbocycles. The Morgan fingerprint density at radius 2 is 2.04 bits per heavy atom. The number of nitrogens with one attached hydrogen (secondary N) is 1. The summed E-state index contributed by atoms with van der Waals surface area (Å²) in [6.07, 6.45) is 3.83. The molecule has 0 bridgehead atoms. The number of fused-ring (bicyclic) bond motifs is 2. The molecule has 4 heteroatoms. The van der Waals surface area contributed by atoms with Gasteiger partial charge in [-0.2, -0.15) is 0 Å². The van der Waals surface area contributed by atoms with E-state index in [1.54, 1.807) is 0 Å². The van der Waals surface area contributed by atoms with Crippen LogP contribution in [0.15, 0.2) is 51.1 Å². The van der Waals surface area contributed by atoms with Gasteiger partial charge in [-0.1, -0.05) is 31.7 Å². The van der Waals surface area contributed by atoms with Crippen LogP contribution < -0.4 is 10.2 Å². The highest BCUT2D eigenvalue weighted by Gasteiger charge is 2.26. The van der Waals surface area contributed by atoms with Gasteiger partial charge in [-0.25, -0.2) is 0 Å². The van der Waals surface area contributed by atoms with Crippen molar-refractivity contribution in [2.45, 2.75) is 60.8 Å². The number of thioether (sulfide) groups is 1. The number of anilines is 2. The van der Waals surface area contributed by atoms with Gasteiger partial charge in [0.25, 0.3) is 0 Å². The summed E-state index contributed by atoms with van der Waals surface area (Å²) in [4.78, 5) is 6.73. The summed E-state index contributed by atoms with van der Waals surface area (Å²) in [6.45, 7) is 9.06. The van der Waals surface area contributed by atoms with E-state index in [1.165, 1.54) is 57.4 Å². The van der Waals surface area contributed by atoms with Crippen molar-refractivity contribution >= 4 is 34.9 Å². The van der Waals surface area contributed by atoms with Gasteiger partial charge in [-0.05, 0) is 80.3 Å². The summed E-state index contributed by atoms with van der Waals surface area (Å²) in [5, 5.41) is 3.74. The minimum atomic E-state index is 0.647. The molecule has 0 spiro atoms. The van der Waals surface area contributed by atoms with Gasteiger partial charge < -0.3 is 10.2 Å². The number of piperidine rings is 1. The maximum Gasteiger partial charge on any atom is 0.0564 e. The first-order valence-electron chi connectivity index (χ1n) is 10.2. The lowest BCUT2D eigenvalue weighted by molar-refractivity contribution is 0.310. The third-order valence-corrected chi connectivity index (χ3v) is 7.60. The van der Waals surface area contributed by atoms with Crippen LogP contribution in [0.5, 0.6) is 0 Å². The fraction of sp³-hybridized carbons (Fsp3) is 0.478. The zero-order valence-corrected chi connectivity index (χ0v) is 18.3. The third kappa shape index (κ3) is 4.33. The molecular formula is C23H30N2S2. The Morgan fingerprint density at radius 1 is 1.15 bits per heavy atom. The van der Waals surface area contributed by atoms with E-state index in [0.717, 1.165) is 18.2 Å². The topological polar surface area (TPSA) is 15.3 Å². The van der Waals surface area contributed by atoms with Gasteiger partial charge in [0, 0.05) is 27.3 Å². The zero-order valence-electron chi connectivity index (χ0n) is 16.6. The first kappa shape index (κ1) is 19.2. The molecule has 0 saturated carbocycles. The van der Waals surface area contributed by atoms with Crippen LogP contribution in [-0.4, -0.2) is 24.9 Å². The monoisotopic (exact) mass is 398 g/mol. The van der Waals surface area contributed by atoms with E-state index in [4.69, 9.17) is 0 Å². The largest absolute Gasteiger partial charge is 0.340 e. The predicted molar refractivity (Wildman–Crippen MR) is 120 cm³/mol. The SMILES string of the molecule is CCSc1ccc2c(c1)N(CCC1CC(C)CCN1)c1ccc(C)cc1S2. The highest BCUT2D eigenvalue weighted by Crippen LogP contribution is 2.49. The number of nitrogens with zero attached hydrogens (tertiary/aromatic N) is 1. The lowest BCUT2D eigenvalue weighted by Gasteiger charge is -2.35. The molecule has 0 amide bonds. The Balaban J connectivity index is 1.63. The first-order chi connectivity index (χ1) is 13.1. The van der Waals surface area contributed by atoms with Crippen molar-refractivity contribution in [3.63, 3.8) is 0 Å². The molecule has 2 aliphatic heterocycles. The van der Waals surface area contributed by atoms with Gasteiger partial charge >= 0.3 is 0 Å². The molecule has 4 rings (SSSR count). The molecule has 0 aliphatic carbocycles. The lowest BCUT2D eigenvalue weighted by Crippen LogP contribution is -2.39. The number of aryl methyl sites for hydroxylation is 1. The van der Waals surface area contributed by atoms with Crippen LogP contribution in [0.25, 0.3) is 0 Å². The molecule has 2 atom stereocenters. The normalized spacial score (nSPS) is 21.7. The average Bonchev–Trinajstić information content (AvgIpc) is 2.65. The van der Waals surface area contributed by atoms with Gasteiger partial charge in [0.2, 0.25) is 0 Å². The fourth-order valence-corrected chi connectivity index (χ4v) is 6.06. The summed E-state index contributed by atoms with van der Waals surface area (Å²) in [5.74, 6) is 1.97. The van der Waals surface area contributed by atoms with E-state index in [0.29, 0.717) is 6.04 Å². The minimum Gasteiger partial charge on any atom is -0.340 e. The molecule has 2 heterocycles. The van der Waals surface area contributed by atoms with E-state index >= 15 is 0 Å². The van der Waals surface area contributed by atoms with Crippen molar-refractivity contribution in [3.05, 3.63) is 42.0 Å². The fourth-order valence-electron chi connectivity index (χ4n) is 4.19. The van der Waals surface area contributed by atoms with Crippen LogP contribution in [0.2, 0.25) is 0 Å². The molecule has 0 radical (unpaired) electrons. The summed E-state index contributed by atoms with van der Waals surface area (Å²) in [5.41, 5.74) is 4.10. The van der Waals surface area contributed by atoms with Gasteiger partial charge in [0.15, 0.2) is 0 Å². The Bertz CT molecular complexity index is 805. The Morgan fingerprint density at radius 3 is 2.85 bits per heavy atom. The number of benzene rings is 2. The van der Waals surface area contributed by atoms with E-state index < -0.39 is 0 Å². The smallest absolute Gasteiger partial charge is 0.0564 e. The highest BCUT2D eigenvalue weighted by molar-refractivity contribution is 8.00. The second kappa shape index (κ2) is 8.50. The maximum atomic E-state index is 3.74. The minimum absolute atomic E-state index is 0.647. The van der Waals surface area contributed by atoms with Crippen LogP contribution in [0.3, 0.4) is 0 Å². The van der Waals surface area contributed by atoms with Gasteiger partial charge in [0.1, 0.15) is 0 Å². The van der Waals surface area contributed by atoms with E-state index in [1.807, 2.05) is 23.5 Å². The second-order valence-electron chi connectivity index (χ2n) is 7.86. The van der Waals surface area contributed by atoms with Crippen molar-refractivity contribution in [3.8, 4) is 0 Å². The van der Waals surface area contributed by atoms with Gasteiger partial charge in [-0.3, -0.25) is 0 Å². The van der Waals surface area contributed by atoms with Gasteiger partial charge in [-0.15, -0.1) is 11.8 Å². The second-order valence-corrected chi connectivity index (χ2v) is 10.3. The van der Waals surface area contributed by atoms with Crippen LogP contribution in [-0.2, 0) is 0 Å². The molecule has 0 aromatic heterocycles. The molecule has 2 unspecified atom stereocenters. The summed E-state index contributed by atoms with van der Waals surface area (Å²) >= 11 is 3.85. The van der Waals surface area contributed by atoms with Crippen LogP contribution in [0.1, 0.15) is 38.7 Å². The van der Waals surface area contributed by atoms with E-state index in [2.05, 4.69) is 67.4 Å². The van der Waals surface area contributed by atoms with Crippen LogP contribution in [0.4, 0.5) is 11.4 Å². The lowest BCUT2D eigenvalue weighted by atomic mass is 9.92. The third-order valence-electron chi connectivity index (χ3n) is 5.62. The average molecular weight is 399 g/mol. The van der Waals surface area contributed by atoms with E-state index in [9.17, 15) is 0 Å². The first-order valence-corrected chi connectivity index (χ1v) is 12.0. The number of hydrogen-bond acceptors (Lipinski definition) is 4. The molecule has 2 aromatic rings. The van der Waals surface area contributed by atoms with Crippen LogP contribution in [0, 0.1) is 12.8 Å². The summed E-state index contributed by atoms with van der Waals surface area (Å²) in [7, 11) is 0. The Labute approximate surface area is 172 Å². The molecule has 27 heavy (non-hydrogen) atoms. The van der Waals surface area contributed by atoms with E-state index in [-0.39, 0.29) is 0 Å². The van der Waals surface area contributed by atoms with Crippen molar-refractivity contribution in [1.29, 1.82) is 0 Å². The molecule has 2 nitrogen and oxygen atoms in total. The van der Waals surface area contributed by atoms with Crippen LogP contribution >= 0.6 is 23.5 Å². The number of rotatable bonds is 5. The Kier molecular flexibility index (Phi) is 6.05. The molecule has 1 fully saturated rings. The molecule has 1 saturated heterocycles. The predicted octanol–water partition coefficient (Wildman–Crippen LogP) is 6.49. The summed E-state index contributed by atoms with van der Waals surface area (Å²) < 4.78 is 0. The van der Waals surface area contributed by atoms with Crippen molar-refractivity contribution in [2.75, 3.05) is 23.7 Å². The van der Waals surface area contributed by atoms with Gasteiger partial charge in [0.05, 0.1) is 11.4 Å². The molecular weight excluding hydrogens is 368 g/mol. The highest BCUT2D eigenvalue weighted by atomic mass is 32.2. The maximum absolute atomic E-state index is 3.74. The Hall–Kier alpha value is -1.10. The van der Waals surface area contributed by atoms with Crippen molar-refractivity contribution < 1.29 is 0 Å². The molecule has 1 N–H and O–H groups in total. The standard InChI is InChI=1S/C23H30N2S2/c1-4-26-19-6-8-22-21(15-19)25(12-10-18-13-17(3)9-11-24-18)20-7-5-16(2)14-23(20)27-22/h5-8,14-15,17-18,24H,4,9-13H2,1-3H3. The van der Waals surface area contributed by atoms with Crippen molar-refractivity contribution in [2.24, 2.45) is 5.92 Å². The quantitative estimate of drug-likeness (QED) is 0.579. The number of hydrogen-bond donors (Lipinski definition) is 1. The summed E-state index contributed by atoms with van der Waals surface area (Å²) in [6, 6.07) is 14.6. The molecule has 144 valence electrons. The zero-order chi connectivity index (χ0) is 18.8.